The topological polar surface area (TPSA) is 70.7 Å². The summed E-state index contributed by atoms with van der Waals surface area (Å²) in [4.78, 5) is 12.9. The first-order valence-electron chi connectivity index (χ1n) is 10.4. The monoisotopic (exact) mass is 408 g/mol. The van der Waals surface area contributed by atoms with E-state index >= 15 is 0 Å². The van der Waals surface area contributed by atoms with E-state index in [9.17, 15) is 4.79 Å². The summed E-state index contributed by atoms with van der Waals surface area (Å²) in [6.07, 6.45) is 0.816. The van der Waals surface area contributed by atoms with E-state index in [0.717, 1.165) is 34.1 Å². The molecule has 0 saturated heterocycles. The highest BCUT2D eigenvalue weighted by Gasteiger charge is 2.16. The Bertz CT molecular complexity index is 1270. The average Bonchev–Trinajstić information content (AvgIpc) is 3.12. The summed E-state index contributed by atoms with van der Waals surface area (Å²) >= 11 is 0. The summed E-state index contributed by atoms with van der Waals surface area (Å²) in [5.41, 5.74) is 5.20. The molecule has 0 radical (unpaired) electrons. The minimum absolute atomic E-state index is 0.0272. The van der Waals surface area contributed by atoms with Gasteiger partial charge in [0.05, 0.1) is 35.4 Å². The van der Waals surface area contributed by atoms with Crippen molar-refractivity contribution in [1.82, 2.24) is 15.1 Å². The maximum absolute atomic E-state index is 12.9. The Labute approximate surface area is 181 Å². The zero-order chi connectivity index (χ0) is 21.8. The molecule has 3 aromatic carbocycles. The quantitative estimate of drug-likeness (QED) is 0.480. The number of aromatic nitrogens is 2. The van der Waals surface area contributed by atoms with E-state index in [4.69, 9.17) is 5.26 Å². The van der Waals surface area contributed by atoms with Crippen LogP contribution in [0.4, 0.5) is 0 Å². The van der Waals surface area contributed by atoms with Gasteiger partial charge in [0.15, 0.2) is 0 Å². The summed E-state index contributed by atoms with van der Waals surface area (Å²) < 4.78 is 1.92. The van der Waals surface area contributed by atoms with Crippen LogP contribution in [0.15, 0.2) is 72.8 Å². The lowest BCUT2D eigenvalue weighted by molar-refractivity contribution is 0.0935. The molecule has 154 valence electrons. The van der Waals surface area contributed by atoms with Gasteiger partial charge in [-0.05, 0) is 54.8 Å². The molecular formula is C26H24N4O. The van der Waals surface area contributed by atoms with E-state index in [0.29, 0.717) is 17.7 Å². The third kappa shape index (κ3) is 4.34. The molecule has 0 saturated carbocycles. The molecule has 5 nitrogen and oxygen atoms in total. The second-order valence-corrected chi connectivity index (χ2v) is 7.63. The number of hydrogen-bond acceptors (Lipinski definition) is 3. The number of nitrogens with zero attached hydrogens (tertiary/aromatic N) is 3. The van der Waals surface area contributed by atoms with Crippen molar-refractivity contribution in [2.45, 2.75) is 32.9 Å². The fraction of sp³-hybridized carbons (Fsp3) is 0.192. The number of hydrogen-bond donors (Lipinski definition) is 1. The van der Waals surface area contributed by atoms with E-state index in [1.807, 2.05) is 78.3 Å². The molecule has 1 heterocycles. The van der Waals surface area contributed by atoms with Gasteiger partial charge in [0.2, 0.25) is 0 Å². The molecule has 0 unspecified atom stereocenters. The lowest BCUT2D eigenvalue weighted by Gasteiger charge is -2.17. The largest absolute Gasteiger partial charge is 0.345 e. The number of benzene rings is 3. The van der Waals surface area contributed by atoms with Gasteiger partial charge in [-0.2, -0.15) is 10.4 Å². The third-order valence-electron chi connectivity index (χ3n) is 5.50. The normalized spacial score (nSPS) is 11.8. The molecule has 4 aromatic rings. The van der Waals surface area contributed by atoms with Crippen LogP contribution in [0.1, 0.15) is 52.1 Å². The number of nitriles is 1. The first kappa shape index (κ1) is 20.4. The van der Waals surface area contributed by atoms with Crippen LogP contribution in [-0.2, 0) is 6.54 Å². The molecule has 1 aromatic heterocycles. The van der Waals surface area contributed by atoms with E-state index in [2.05, 4.69) is 23.4 Å². The average molecular weight is 409 g/mol. The molecule has 5 heteroatoms. The third-order valence-corrected chi connectivity index (χ3v) is 5.50. The minimum Gasteiger partial charge on any atom is -0.345 e. The van der Waals surface area contributed by atoms with Crippen molar-refractivity contribution in [3.8, 4) is 6.07 Å². The summed E-state index contributed by atoms with van der Waals surface area (Å²) in [5.74, 6) is -0.0912. The summed E-state index contributed by atoms with van der Waals surface area (Å²) in [6, 6.07) is 25.4. The summed E-state index contributed by atoms with van der Waals surface area (Å²) in [7, 11) is 0. The second-order valence-electron chi connectivity index (χ2n) is 7.63. The van der Waals surface area contributed by atoms with Crippen molar-refractivity contribution in [2.24, 2.45) is 0 Å². The lowest BCUT2D eigenvalue weighted by Crippen LogP contribution is -2.28. The molecule has 0 bridgehead atoms. The Morgan fingerprint density at radius 1 is 1.10 bits per heavy atom. The number of fused-ring (bicyclic) bond motifs is 1. The van der Waals surface area contributed by atoms with Crippen molar-refractivity contribution in [2.75, 3.05) is 0 Å². The molecule has 0 spiro atoms. The van der Waals surface area contributed by atoms with Gasteiger partial charge in [0, 0.05) is 10.9 Å². The van der Waals surface area contributed by atoms with Crippen LogP contribution in [0.25, 0.3) is 10.9 Å². The Kier molecular flexibility index (Phi) is 5.81. The van der Waals surface area contributed by atoms with Crippen LogP contribution in [-0.4, -0.2) is 15.7 Å². The maximum Gasteiger partial charge on any atom is 0.251 e. The molecule has 1 N–H and O–H groups in total. The molecule has 0 fully saturated rings. The SMILES string of the molecule is CC[C@H](NC(=O)c1ccc2c(c1)c(C)nn2Cc1cccc(C#N)c1)c1ccccc1. The van der Waals surface area contributed by atoms with E-state index in [1.165, 1.54) is 0 Å². The first-order valence-corrected chi connectivity index (χ1v) is 10.4. The predicted octanol–water partition coefficient (Wildman–Crippen LogP) is 5.15. The molecule has 0 aliphatic heterocycles. The number of rotatable bonds is 6. The van der Waals surface area contributed by atoms with E-state index in [-0.39, 0.29) is 11.9 Å². The zero-order valence-corrected chi connectivity index (χ0v) is 17.7. The highest BCUT2D eigenvalue weighted by atomic mass is 16.1. The fourth-order valence-corrected chi connectivity index (χ4v) is 3.86. The highest BCUT2D eigenvalue weighted by Crippen LogP contribution is 2.22. The van der Waals surface area contributed by atoms with Crippen LogP contribution >= 0.6 is 0 Å². The molecule has 0 aliphatic rings. The van der Waals surface area contributed by atoms with Crippen molar-refractivity contribution in [3.05, 3.63) is 101 Å². The molecule has 1 amide bonds. The number of carbonyl (C=O) groups is 1. The number of carbonyl (C=O) groups excluding carboxylic acids is 1. The minimum atomic E-state index is -0.0912. The van der Waals surface area contributed by atoms with Crippen molar-refractivity contribution in [3.63, 3.8) is 0 Å². The number of nitrogens with one attached hydrogen (secondary N) is 1. The predicted molar refractivity (Wildman–Crippen MR) is 122 cm³/mol. The van der Waals surface area contributed by atoms with Gasteiger partial charge in [0.1, 0.15) is 0 Å². The standard InChI is InChI=1S/C26H24N4O/c1-3-24(21-10-5-4-6-11-21)28-26(31)22-12-13-25-23(15-22)18(2)29-30(25)17-20-9-7-8-19(14-20)16-27/h4-15,24H,3,17H2,1-2H3,(H,28,31)/t24-/m0/s1. The Hall–Kier alpha value is -3.91. The van der Waals surface area contributed by atoms with Crippen LogP contribution in [0, 0.1) is 18.3 Å². The van der Waals surface area contributed by atoms with Crippen LogP contribution in [0.5, 0.6) is 0 Å². The van der Waals surface area contributed by atoms with Crippen molar-refractivity contribution >= 4 is 16.8 Å². The van der Waals surface area contributed by atoms with Crippen molar-refractivity contribution in [1.29, 1.82) is 5.26 Å². The summed E-state index contributed by atoms with van der Waals surface area (Å²) in [5, 5.41) is 17.9. The molecular weight excluding hydrogens is 384 g/mol. The van der Waals surface area contributed by atoms with Gasteiger partial charge < -0.3 is 5.32 Å². The van der Waals surface area contributed by atoms with Gasteiger partial charge in [-0.15, -0.1) is 0 Å². The molecule has 31 heavy (non-hydrogen) atoms. The van der Waals surface area contributed by atoms with E-state index < -0.39 is 0 Å². The number of amides is 1. The van der Waals surface area contributed by atoms with Gasteiger partial charge in [0.25, 0.3) is 5.91 Å². The smallest absolute Gasteiger partial charge is 0.251 e. The maximum atomic E-state index is 12.9. The van der Waals surface area contributed by atoms with E-state index in [1.54, 1.807) is 6.07 Å². The highest BCUT2D eigenvalue weighted by molar-refractivity contribution is 5.98. The first-order chi connectivity index (χ1) is 15.1. The van der Waals surface area contributed by atoms with Crippen LogP contribution < -0.4 is 5.32 Å². The van der Waals surface area contributed by atoms with Crippen LogP contribution in [0.2, 0.25) is 0 Å². The molecule has 0 aliphatic carbocycles. The molecule has 4 rings (SSSR count). The zero-order valence-electron chi connectivity index (χ0n) is 17.7. The Balaban J connectivity index is 1.59. The summed E-state index contributed by atoms with van der Waals surface area (Å²) in [6.45, 7) is 4.58. The second kappa shape index (κ2) is 8.85. The van der Waals surface area contributed by atoms with Gasteiger partial charge in [-0.1, -0.05) is 49.4 Å². The Morgan fingerprint density at radius 2 is 1.90 bits per heavy atom. The lowest BCUT2D eigenvalue weighted by atomic mass is 10.0. The number of aryl methyl sites for hydroxylation is 1. The van der Waals surface area contributed by atoms with Crippen LogP contribution in [0.3, 0.4) is 0 Å². The van der Waals surface area contributed by atoms with Gasteiger partial charge >= 0.3 is 0 Å². The van der Waals surface area contributed by atoms with Gasteiger partial charge in [-0.3, -0.25) is 9.48 Å². The fourth-order valence-electron chi connectivity index (χ4n) is 3.86. The molecule has 1 atom stereocenters. The Morgan fingerprint density at radius 3 is 2.65 bits per heavy atom. The van der Waals surface area contributed by atoms with Crippen molar-refractivity contribution < 1.29 is 4.79 Å². The van der Waals surface area contributed by atoms with Gasteiger partial charge in [-0.25, -0.2) is 0 Å².